The lowest BCUT2D eigenvalue weighted by atomic mass is 9.68. The number of hydrogen-bond donors (Lipinski definition) is 0. The summed E-state index contributed by atoms with van der Waals surface area (Å²) in [4.78, 5) is 2.65. The van der Waals surface area contributed by atoms with Crippen molar-refractivity contribution in [1.82, 2.24) is 0 Å². The summed E-state index contributed by atoms with van der Waals surface area (Å²) in [5.41, 5.74) is 29.7. The average Bonchev–Trinajstić information content (AvgIpc) is 3.90. The second kappa shape index (κ2) is 13.3. The zero-order chi connectivity index (χ0) is 46.0. The van der Waals surface area contributed by atoms with Crippen LogP contribution in [0.2, 0.25) is 0 Å². The molecule has 0 heterocycles. The van der Waals surface area contributed by atoms with Gasteiger partial charge in [0.25, 0.3) is 0 Å². The Bertz CT molecular complexity index is 3250. The zero-order valence-corrected chi connectivity index (χ0v) is 40.9. The van der Waals surface area contributed by atoms with Crippen LogP contribution in [0.1, 0.15) is 136 Å². The molecule has 0 atom stereocenters. The van der Waals surface area contributed by atoms with E-state index in [1.54, 1.807) is 0 Å². The Balaban J connectivity index is 1.23. The van der Waals surface area contributed by atoms with Crippen molar-refractivity contribution in [2.75, 3.05) is 4.90 Å². The van der Waals surface area contributed by atoms with Gasteiger partial charge in [0, 0.05) is 27.8 Å². The number of hydrogen-bond acceptors (Lipinski definition) is 1. The Morgan fingerprint density at radius 1 is 0.348 bits per heavy atom. The summed E-state index contributed by atoms with van der Waals surface area (Å²) in [6.07, 6.45) is 0. The van der Waals surface area contributed by atoms with Gasteiger partial charge in [-0.1, -0.05) is 202 Å². The smallest absolute Gasteiger partial charge is 0.0726 e. The summed E-state index contributed by atoms with van der Waals surface area (Å²) < 4.78 is 0. The average molecular weight is 856 g/mol. The van der Waals surface area contributed by atoms with Crippen molar-refractivity contribution >= 4 is 17.1 Å². The van der Waals surface area contributed by atoms with Crippen LogP contribution < -0.4 is 4.90 Å². The first-order valence-electron chi connectivity index (χ1n) is 24.2. The standard InChI is InChI=1S/C65H61N/c1-38-21-26-48-49-27-22-39(2)32-56(49)65(55(48)31-38)57-33-40(61(3,4)5)23-28-50(57)60-58(65)34-41(62(6,7)8)35-59(60)66(42-24-29-46-44-17-13-15-19-51(44)63(9,10)53(46)36-42)43-25-30-47-45-18-14-16-20-52(45)64(11,12)54(47)37-43/h13-37H,1-12H3. The quantitative estimate of drug-likeness (QED) is 0.171. The van der Waals surface area contributed by atoms with E-state index >= 15 is 0 Å². The van der Waals surface area contributed by atoms with Gasteiger partial charge in [0.15, 0.2) is 0 Å². The molecular weight excluding hydrogens is 795 g/mol. The lowest BCUT2D eigenvalue weighted by Gasteiger charge is -2.35. The van der Waals surface area contributed by atoms with Crippen molar-refractivity contribution in [3.63, 3.8) is 0 Å². The summed E-state index contributed by atoms with van der Waals surface area (Å²) in [6, 6.07) is 59.8. The van der Waals surface area contributed by atoms with Crippen LogP contribution in [0.5, 0.6) is 0 Å². The molecule has 0 unspecified atom stereocenters. The molecule has 0 N–H and O–H groups in total. The third kappa shape index (κ3) is 5.41. The number of benzene rings is 8. The van der Waals surface area contributed by atoms with Gasteiger partial charge in [-0.05, 0) is 150 Å². The molecule has 0 radical (unpaired) electrons. The first-order chi connectivity index (χ1) is 31.3. The highest BCUT2D eigenvalue weighted by Crippen LogP contribution is 2.66. The molecule has 0 saturated heterocycles. The van der Waals surface area contributed by atoms with Gasteiger partial charge in [-0.15, -0.1) is 0 Å². The van der Waals surface area contributed by atoms with Gasteiger partial charge in [0.2, 0.25) is 0 Å². The van der Waals surface area contributed by atoms with Crippen molar-refractivity contribution in [3.8, 4) is 44.5 Å². The number of aryl methyl sites for hydroxylation is 2. The normalized spacial score (nSPS) is 15.9. The molecule has 12 rings (SSSR count). The highest BCUT2D eigenvalue weighted by atomic mass is 15.1. The van der Waals surface area contributed by atoms with E-state index in [4.69, 9.17) is 0 Å². The highest BCUT2D eigenvalue weighted by Gasteiger charge is 2.54. The van der Waals surface area contributed by atoms with Crippen LogP contribution in [0, 0.1) is 13.8 Å². The number of anilines is 3. The predicted octanol–water partition coefficient (Wildman–Crippen LogP) is 17.3. The third-order valence-corrected chi connectivity index (χ3v) is 16.3. The molecule has 1 spiro atoms. The maximum absolute atomic E-state index is 2.65. The molecular formula is C65H61N. The fraction of sp³-hybridized carbons (Fsp3) is 0.262. The minimum Gasteiger partial charge on any atom is -0.310 e. The zero-order valence-electron chi connectivity index (χ0n) is 40.9. The SMILES string of the molecule is Cc1ccc2c(c1)C1(c3cc(C)ccc3-2)c2cc(C(C)(C)C)ccc2-c2c(N(c3ccc4c(c3)C(C)(C)c3ccccc3-4)c3ccc4c(c3)C(C)(C)c3ccccc3-4)cc(C(C)(C)C)cc21. The predicted molar refractivity (Wildman–Crippen MR) is 279 cm³/mol. The van der Waals surface area contributed by atoms with Gasteiger partial charge in [-0.2, -0.15) is 0 Å². The largest absolute Gasteiger partial charge is 0.310 e. The van der Waals surface area contributed by atoms with Gasteiger partial charge < -0.3 is 4.90 Å². The Kier molecular flexibility index (Phi) is 8.30. The molecule has 1 heteroatoms. The van der Waals surface area contributed by atoms with E-state index in [1.807, 2.05) is 0 Å². The molecule has 4 aliphatic carbocycles. The lowest BCUT2D eigenvalue weighted by molar-refractivity contribution is 0.586. The van der Waals surface area contributed by atoms with Crippen LogP contribution in [-0.2, 0) is 27.1 Å². The van der Waals surface area contributed by atoms with Crippen LogP contribution >= 0.6 is 0 Å². The molecule has 0 aliphatic heterocycles. The molecule has 4 aliphatic rings. The lowest BCUT2D eigenvalue weighted by Crippen LogP contribution is -2.28. The Hall–Kier alpha value is -6.44. The minimum absolute atomic E-state index is 0.0382. The topological polar surface area (TPSA) is 3.24 Å². The Morgan fingerprint density at radius 3 is 1.26 bits per heavy atom. The fourth-order valence-electron chi connectivity index (χ4n) is 12.7. The van der Waals surface area contributed by atoms with Gasteiger partial charge >= 0.3 is 0 Å². The van der Waals surface area contributed by atoms with Crippen LogP contribution in [0.4, 0.5) is 17.1 Å². The van der Waals surface area contributed by atoms with E-state index in [0.717, 1.165) is 0 Å². The number of rotatable bonds is 3. The van der Waals surface area contributed by atoms with Crippen molar-refractivity contribution < 1.29 is 0 Å². The first-order valence-corrected chi connectivity index (χ1v) is 24.2. The first kappa shape index (κ1) is 41.0. The molecule has 8 aromatic rings. The van der Waals surface area contributed by atoms with E-state index < -0.39 is 5.41 Å². The van der Waals surface area contributed by atoms with Crippen LogP contribution in [0.3, 0.4) is 0 Å². The second-order valence-electron chi connectivity index (χ2n) is 23.2. The van der Waals surface area contributed by atoms with E-state index in [2.05, 4.69) is 240 Å². The van der Waals surface area contributed by atoms with Gasteiger partial charge in [0.05, 0.1) is 11.1 Å². The molecule has 1 nitrogen and oxygen atoms in total. The van der Waals surface area contributed by atoms with Gasteiger partial charge in [-0.3, -0.25) is 0 Å². The fourth-order valence-corrected chi connectivity index (χ4v) is 12.7. The van der Waals surface area contributed by atoms with Crippen LogP contribution in [0.15, 0.2) is 152 Å². The van der Waals surface area contributed by atoms with Crippen molar-refractivity contribution in [3.05, 3.63) is 218 Å². The molecule has 0 bridgehead atoms. The molecule has 0 aromatic heterocycles. The van der Waals surface area contributed by atoms with Crippen molar-refractivity contribution in [1.29, 1.82) is 0 Å². The number of nitrogens with zero attached hydrogens (tertiary/aromatic N) is 1. The highest BCUT2D eigenvalue weighted by molar-refractivity contribution is 6.02. The summed E-state index contributed by atoms with van der Waals surface area (Å²) in [5, 5.41) is 0. The maximum Gasteiger partial charge on any atom is 0.0726 e. The van der Waals surface area contributed by atoms with E-state index in [-0.39, 0.29) is 21.7 Å². The Morgan fingerprint density at radius 2 is 0.758 bits per heavy atom. The summed E-state index contributed by atoms with van der Waals surface area (Å²) in [5.74, 6) is 0. The van der Waals surface area contributed by atoms with Crippen molar-refractivity contribution in [2.45, 2.75) is 110 Å². The van der Waals surface area contributed by atoms with Gasteiger partial charge in [0.1, 0.15) is 0 Å². The molecule has 0 amide bonds. The molecule has 0 fully saturated rings. The van der Waals surface area contributed by atoms with E-state index in [9.17, 15) is 0 Å². The summed E-state index contributed by atoms with van der Waals surface area (Å²) in [7, 11) is 0. The van der Waals surface area contributed by atoms with E-state index in [1.165, 1.54) is 128 Å². The molecule has 8 aromatic carbocycles. The minimum atomic E-state index is -0.514. The molecule has 66 heavy (non-hydrogen) atoms. The van der Waals surface area contributed by atoms with Crippen LogP contribution in [0.25, 0.3) is 44.5 Å². The third-order valence-electron chi connectivity index (χ3n) is 16.3. The summed E-state index contributed by atoms with van der Waals surface area (Å²) >= 11 is 0. The maximum atomic E-state index is 2.65. The monoisotopic (exact) mass is 855 g/mol. The summed E-state index contributed by atoms with van der Waals surface area (Å²) in [6.45, 7) is 28.4. The van der Waals surface area contributed by atoms with Gasteiger partial charge in [-0.25, -0.2) is 0 Å². The molecule has 0 saturated carbocycles. The Labute approximate surface area is 393 Å². The second-order valence-corrected chi connectivity index (χ2v) is 23.2. The van der Waals surface area contributed by atoms with Crippen LogP contribution in [-0.4, -0.2) is 0 Å². The number of fused-ring (bicyclic) bond motifs is 16. The van der Waals surface area contributed by atoms with Crippen molar-refractivity contribution in [2.24, 2.45) is 0 Å². The molecule has 326 valence electrons. The van der Waals surface area contributed by atoms with E-state index in [0.29, 0.717) is 0 Å².